The van der Waals surface area contributed by atoms with Crippen molar-refractivity contribution in [2.45, 2.75) is 21.3 Å². The van der Waals surface area contributed by atoms with Crippen LogP contribution in [0.1, 0.15) is 21.3 Å². The van der Waals surface area contributed by atoms with Crippen LogP contribution < -0.4 is 0 Å². The van der Waals surface area contributed by atoms with Crippen molar-refractivity contribution in [3.05, 3.63) is 72.8 Å². The normalized spacial score (nSPS) is 11.8. The first-order valence-electron chi connectivity index (χ1n) is 9.46. The third-order valence-electron chi connectivity index (χ3n) is 5.89. The molecule has 7 rings (SSSR count). The van der Waals surface area contributed by atoms with Gasteiger partial charge in [-0.3, -0.25) is 0 Å². The Morgan fingerprint density at radius 2 is 0.407 bits per heavy atom. The lowest BCUT2D eigenvalue weighted by atomic mass is 9.83. The number of hydrogen-bond acceptors (Lipinski definition) is 0. The van der Waals surface area contributed by atoms with Crippen LogP contribution in [0.25, 0.3) is 64.6 Å². The lowest BCUT2D eigenvalue weighted by Crippen LogP contribution is -1.91. The largest absolute Gasteiger partial charge is 0.0776 e. The molecule has 7 aromatic carbocycles. The van der Waals surface area contributed by atoms with Crippen LogP contribution in [0.4, 0.5) is 0 Å². The fraction of sp³-hybridized carbons (Fsp3) is 0.111. The number of rotatable bonds is 0. The van der Waals surface area contributed by atoms with Gasteiger partial charge in [0.2, 0.25) is 0 Å². The minimum atomic E-state index is 0. The first-order chi connectivity index (χ1) is 12.9. The molecule has 0 aliphatic carbocycles. The first kappa shape index (κ1) is 16.1. The van der Waals surface area contributed by atoms with Crippen LogP contribution in [0.2, 0.25) is 0 Å². The summed E-state index contributed by atoms with van der Waals surface area (Å²) in [6.07, 6.45) is 0. The van der Waals surface area contributed by atoms with Crippen molar-refractivity contribution in [1.82, 2.24) is 0 Å². The van der Waals surface area contributed by atoms with Gasteiger partial charge in [-0.25, -0.2) is 0 Å². The lowest BCUT2D eigenvalue weighted by Gasteiger charge is -2.20. The summed E-state index contributed by atoms with van der Waals surface area (Å²) in [6.45, 7) is 4.00. The number of benzene rings is 7. The molecule has 0 nitrogen and oxygen atoms in total. The van der Waals surface area contributed by atoms with Crippen molar-refractivity contribution in [2.24, 2.45) is 0 Å². The fourth-order valence-corrected chi connectivity index (χ4v) is 4.89. The average Bonchev–Trinajstić information content (AvgIpc) is 2.73. The first-order valence-corrected chi connectivity index (χ1v) is 9.46. The molecule has 7 aromatic rings. The Hall–Kier alpha value is -3.12. The average molecular weight is 346 g/mol. The van der Waals surface area contributed by atoms with E-state index in [1.54, 1.807) is 0 Å². The molecule has 0 N–H and O–H groups in total. The number of hydrogen-bond donors (Lipinski definition) is 0. The summed E-state index contributed by atoms with van der Waals surface area (Å²) in [5.41, 5.74) is 0. The summed E-state index contributed by atoms with van der Waals surface area (Å²) in [4.78, 5) is 0. The quantitative estimate of drug-likeness (QED) is 0.190. The predicted molar refractivity (Wildman–Crippen MR) is 123 cm³/mol. The van der Waals surface area contributed by atoms with E-state index in [9.17, 15) is 0 Å². The van der Waals surface area contributed by atoms with E-state index in [0.29, 0.717) is 0 Å². The van der Waals surface area contributed by atoms with E-state index in [2.05, 4.69) is 72.8 Å². The Labute approximate surface area is 159 Å². The second-order valence-electron chi connectivity index (χ2n) is 6.98. The molecular formula is C27H22. The zero-order chi connectivity index (χ0) is 17.4. The molecule has 0 saturated carbocycles. The summed E-state index contributed by atoms with van der Waals surface area (Å²) < 4.78 is 0. The summed E-state index contributed by atoms with van der Waals surface area (Å²) in [7, 11) is 0. The smallest absolute Gasteiger partial charge is 0.00139 e. The van der Waals surface area contributed by atoms with Crippen LogP contribution in [0.15, 0.2) is 72.8 Å². The summed E-state index contributed by atoms with van der Waals surface area (Å²) in [5, 5.41) is 16.7. The molecule has 0 saturated heterocycles. The minimum absolute atomic E-state index is 0. The Bertz CT molecular complexity index is 1140. The molecule has 0 unspecified atom stereocenters. The molecule has 0 aromatic heterocycles. The van der Waals surface area contributed by atoms with Crippen LogP contribution in [-0.4, -0.2) is 0 Å². The highest BCUT2D eigenvalue weighted by Gasteiger charge is 2.19. The van der Waals surface area contributed by atoms with Gasteiger partial charge in [-0.2, -0.15) is 0 Å². The maximum absolute atomic E-state index is 2.27. The molecule has 0 fully saturated rings. The van der Waals surface area contributed by atoms with Crippen molar-refractivity contribution in [3.63, 3.8) is 0 Å². The second kappa shape index (κ2) is 5.44. The van der Waals surface area contributed by atoms with Gasteiger partial charge >= 0.3 is 0 Å². The lowest BCUT2D eigenvalue weighted by molar-refractivity contribution is 1.50. The molecule has 130 valence electrons. The Morgan fingerprint density at radius 1 is 0.296 bits per heavy atom. The van der Waals surface area contributed by atoms with E-state index in [4.69, 9.17) is 0 Å². The molecule has 0 bridgehead atoms. The minimum Gasteiger partial charge on any atom is -0.0776 e. The Kier molecular flexibility index (Phi) is 3.24. The van der Waals surface area contributed by atoms with Crippen molar-refractivity contribution in [3.8, 4) is 0 Å². The van der Waals surface area contributed by atoms with Crippen LogP contribution in [-0.2, 0) is 0 Å². The molecule has 27 heavy (non-hydrogen) atoms. The van der Waals surface area contributed by atoms with Crippen molar-refractivity contribution < 1.29 is 0 Å². The van der Waals surface area contributed by atoms with Crippen molar-refractivity contribution in [1.29, 1.82) is 0 Å². The van der Waals surface area contributed by atoms with Crippen molar-refractivity contribution >= 4 is 64.6 Å². The highest BCUT2D eigenvalue weighted by Crippen LogP contribution is 2.47. The summed E-state index contributed by atoms with van der Waals surface area (Å²) in [5.74, 6) is 0. The molecule has 0 heterocycles. The standard InChI is InChI=1S/C24H12.C2H6.CH4/c1-2-14-5-6-16-9-11-18-12-10-17-8-7-15-4-3-13(1)19-20(14)22(16)24(18)23(17)21(15)19;1-2;/h1-12H;1-2H3;1H4. The van der Waals surface area contributed by atoms with Gasteiger partial charge in [0.1, 0.15) is 0 Å². The van der Waals surface area contributed by atoms with Gasteiger partial charge in [0, 0.05) is 0 Å². The summed E-state index contributed by atoms with van der Waals surface area (Å²) >= 11 is 0. The van der Waals surface area contributed by atoms with Crippen LogP contribution >= 0.6 is 0 Å². The monoisotopic (exact) mass is 346 g/mol. The van der Waals surface area contributed by atoms with E-state index >= 15 is 0 Å². The molecule has 0 aliphatic rings. The topological polar surface area (TPSA) is 0 Å². The van der Waals surface area contributed by atoms with E-state index in [1.165, 1.54) is 64.6 Å². The van der Waals surface area contributed by atoms with Gasteiger partial charge in [0.25, 0.3) is 0 Å². The molecule has 0 atom stereocenters. The molecular weight excluding hydrogens is 324 g/mol. The van der Waals surface area contributed by atoms with Gasteiger partial charge in [-0.15, -0.1) is 0 Å². The maximum Gasteiger partial charge on any atom is -0.00139 e. The Balaban J connectivity index is 0.000000519. The van der Waals surface area contributed by atoms with Gasteiger partial charge < -0.3 is 0 Å². The molecule has 0 radical (unpaired) electrons. The van der Waals surface area contributed by atoms with E-state index in [0.717, 1.165) is 0 Å². The Morgan fingerprint density at radius 3 is 0.519 bits per heavy atom. The fourth-order valence-electron chi connectivity index (χ4n) is 4.89. The van der Waals surface area contributed by atoms with E-state index < -0.39 is 0 Å². The van der Waals surface area contributed by atoms with Gasteiger partial charge in [0.05, 0.1) is 0 Å². The third kappa shape index (κ3) is 1.78. The summed E-state index contributed by atoms with van der Waals surface area (Å²) in [6, 6.07) is 27.3. The molecule has 0 aliphatic heterocycles. The maximum atomic E-state index is 2.27. The second-order valence-corrected chi connectivity index (χ2v) is 6.98. The SMILES string of the molecule is C.CC.c1cc2ccc3ccc4ccc5ccc6ccc1c1c2c3c4c5c61. The van der Waals surface area contributed by atoms with Gasteiger partial charge in [-0.1, -0.05) is 94.1 Å². The zero-order valence-corrected chi connectivity index (χ0v) is 14.9. The van der Waals surface area contributed by atoms with E-state index in [1.807, 2.05) is 13.8 Å². The highest BCUT2D eigenvalue weighted by molar-refractivity contribution is 6.44. The predicted octanol–water partition coefficient (Wildman–Crippen LogP) is 8.58. The van der Waals surface area contributed by atoms with Crippen molar-refractivity contribution in [2.75, 3.05) is 0 Å². The van der Waals surface area contributed by atoms with Crippen LogP contribution in [0.3, 0.4) is 0 Å². The molecule has 0 heteroatoms. The molecule has 0 spiro atoms. The zero-order valence-electron chi connectivity index (χ0n) is 14.9. The highest BCUT2D eigenvalue weighted by atomic mass is 14.2. The van der Waals surface area contributed by atoms with Gasteiger partial charge in [-0.05, 0) is 64.6 Å². The third-order valence-corrected chi connectivity index (χ3v) is 5.89. The van der Waals surface area contributed by atoms with E-state index in [-0.39, 0.29) is 7.43 Å². The molecule has 0 amide bonds. The van der Waals surface area contributed by atoms with Crippen LogP contribution in [0, 0.1) is 0 Å². The van der Waals surface area contributed by atoms with Gasteiger partial charge in [0.15, 0.2) is 0 Å². The van der Waals surface area contributed by atoms with Crippen LogP contribution in [0.5, 0.6) is 0 Å².